The Morgan fingerprint density at radius 2 is 1.88 bits per heavy atom. The van der Waals surface area contributed by atoms with Gasteiger partial charge in [0.2, 0.25) is 0 Å². The second-order valence-electron chi connectivity index (χ2n) is 4.63. The molecule has 2 aromatic rings. The molecule has 0 unspecified atom stereocenters. The lowest BCUT2D eigenvalue weighted by Gasteiger charge is -2.09. The van der Waals surface area contributed by atoms with Crippen molar-refractivity contribution in [3.63, 3.8) is 0 Å². The molecule has 0 radical (unpaired) electrons. The summed E-state index contributed by atoms with van der Waals surface area (Å²) in [6.45, 7) is 0. The van der Waals surface area contributed by atoms with E-state index in [-0.39, 0.29) is 11.1 Å². The third kappa shape index (κ3) is 3.66. The fraction of sp³-hybridized carbons (Fsp3) is 0. The summed E-state index contributed by atoms with van der Waals surface area (Å²) < 4.78 is 1.63. The van der Waals surface area contributed by atoms with Crippen LogP contribution in [0.2, 0.25) is 0 Å². The summed E-state index contributed by atoms with van der Waals surface area (Å²) in [6.07, 6.45) is 2.95. The van der Waals surface area contributed by atoms with Crippen LogP contribution in [0.1, 0.15) is 16.1 Å². The SMILES string of the molecule is N#C/C(=C/c1cccn1-c1ccc(C(=O)[O-])cc1)C(=O)NC(N)=O. The first-order valence-electron chi connectivity index (χ1n) is 6.64. The van der Waals surface area contributed by atoms with Crippen molar-refractivity contribution < 1.29 is 19.5 Å². The minimum Gasteiger partial charge on any atom is -0.545 e. The number of carbonyl (C=O) groups excluding carboxylic acids is 3. The molecule has 24 heavy (non-hydrogen) atoms. The minimum atomic E-state index is -1.29. The quantitative estimate of drug-likeness (QED) is 0.599. The smallest absolute Gasteiger partial charge is 0.319 e. The van der Waals surface area contributed by atoms with Crippen LogP contribution in [0.4, 0.5) is 4.79 Å². The minimum absolute atomic E-state index is 0.0292. The summed E-state index contributed by atoms with van der Waals surface area (Å²) in [6, 6.07) is 9.81. The van der Waals surface area contributed by atoms with E-state index in [1.165, 1.54) is 18.2 Å². The first-order chi connectivity index (χ1) is 11.4. The molecule has 0 saturated heterocycles. The monoisotopic (exact) mass is 323 g/mol. The predicted molar refractivity (Wildman–Crippen MR) is 81.4 cm³/mol. The molecule has 1 aromatic heterocycles. The number of urea groups is 1. The van der Waals surface area contributed by atoms with Crippen molar-refractivity contribution in [3.05, 3.63) is 59.4 Å². The highest BCUT2D eigenvalue weighted by molar-refractivity contribution is 6.08. The van der Waals surface area contributed by atoms with Gasteiger partial charge in [-0.25, -0.2) is 4.79 Å². The molecule has 3 N–H and O–H groups in total. The van der Waals surface area contributed by atoms with E-state index < -0.39 is 17.9 Å². The summed E-state index contributed by atoms with van der Waals surface area (Å²) >= 11 is 0. The molecule has 1 aromatic carbocycles. The number of benzene rings is 1. The molecule has 120 valence electrons. The fourth-order valence-electron chi connectivity index (χ4n) is 1.98. The van der Waals surface area contributed by atoms with E-state index in [2.05, 4.69) is 0 Å². The lowest BCUT2D eigenvalue weighted by atomic mass is 10.2. The Balaban J connectivity index is 2.37. The molecule has 8 heteroatoms. The van der Waals surface area contributed by atoms with E-state index in [9.17, 15) is 19.5 Å². The Morgan fingerprint density at radius 1 is 1.21 bits per heavy atom. The van der Waals surface area contributed by atoms with Gasteiger partial charge in [0.1, 0.15) is 11.6 Å². The third-order valence-corrected chi connectivity index (χ3v) is 3.06. The Morgan fingerprint density at radius 3 is 2.42 bits per heavy atom. The van der Waals surface area contributed by atoms with Crippen molar-refractivity contribution in [2.75, 3.05) is 0 Å². The average Bonchev–Trinajstić information content (AvgIpc) is 3.00. The van der Waals surface area contributed by atoms with E-state index in [0.29, 0.717) is 11.4 Å². The first kappa shape index (κ1) is 16.5. The van der Waals surface area contributed by atoms with E-state index in [1.54, 1.807) is 41.1 Å². The molecule has 0 spiro atoms. The molecular weight excluding hydrogens is 312 g/mol. The number of imide groups is 1. The highest BCUT2D eigenvalue weighted by Crippen LogP contribution is 2.16. The predicted octanol–water partition coefficient (Wildman–Crippen LogP) is -0.0573. The molecule has 2 rings (SSSR count). The van der Waals surface area contributed by atoms with E-state index >= 15 is 0 Å². The van der Waals surface area contributed by atoms with Crippen LogP contribution in [-0.4, -0.2) is 22.5 Å². The van der Waals surface area contributed by atoms with Gasteiger partial charge in [-0.3, -0.25) is 10.1 Å². The first-order valence-corrected chi connectivity index (χ1v) is 6.64. The summed E-state index contributed by atoms with van der Waals surface area (Å²) in [5.74, 6) is -2.20. The van der Waals surface area contributed by atoms with Crippen LogP contribution < -0.4 is 16.2 Å². The zero-order valence-electron chi connectivity index (χ0n) is 12.2. The molecular formula is C16H11N4O4-. The normalized spacial score (nSPS) is 10.7. The van der Waals surface area contributed by atoms with E-state index in [4.69, 9.17) is 11.0 Å². The number of nitrogens with one attached hydrogen (secondary N) is 1. The molecule has 0 aliphatic heterocycles. The van der Waals surface area contributed by atoms with Gasteiger partial charge in [0.05, 0.1) is 5.97 Å². The number of carbonyl (C=O) groups is 3. The van der Waals surface area contributed by atoms with E-state index in [0.717, 1.165) is 0 Å². The largest absolute Gasteiger partial charge is 0.545 e. The van der Waals surface area contributed by atoms with Crippen LogP contribution in [0.15, 0.2) is 48.2 Å². The van der Waals surface area contributed by atoms with Crippen molar-refractivity contribution in [2.24, 2.45) is 5.73 Å². The Hall–Kier alpha value is -3.86. The average molecular weight is 323 g/mol. The number of rotatable bonds is 4. The maximum atomic E-state index is 11.7. The van der Waals surface area contributed by atoms with Crippen LogP contribution in [0.3, 0.4) is 0 Å². The molecule has 0 saturated carbocycles. The number of carboxylic acid groups (broad SMARTS) is 1. The Labute approximate surface area is 136 Å². The molecule has 0 aliphatic rings. The van der Waals surface area contributed by atoms with Crippen molar-refractivity contribution in [1.29, 1.82) is 5.26 Å². The maximum absolute atomic E-state index is 11.7. The zero-order valence-corrected chi connectivity index (χ0v) is 12.2. The molecule has 3 amide bonds. The highest BCUT2D eigenvalue weighted by Gasteiger charge is 2.12. The van der Waals surface area contributed by atoms with Crippen molar-refractivity contribution in [3.8, 4) is 11.8 Å². The number of primary amides is 1. The number of amides is 3. The number of nitrogens with two attached hydrogens (primary N) is 1. The topological polar surface area (TPSA) is 141 Å². The fourth-order valence-corrected chi connectivity index (χ4v) is 1.98. The van der Waals surface area contributed by atoms with Crippen LogP contribution >= 0.6 is 0 Å². The number of aromatic carboxylic acids is 1. The van der Waals surface area contributed by atoms with Gasteiger partial charge in [-0.1, -0.05) is 12.1 Å². The number of hydrogen-bond acceptors (Lipinski definition) is 5. The van der Waals surface area contributed by atoms with Gasteiger partial charge >= 0.3 is 6.03 Å². The zero-order chi connectivity index (χ0) is 17.7. The summed E-state index contributed by atoms with van der Waals surface area (Å²) in [5.41, 5.74) is 5.67. The van der Waals surface area contributed by atoms with Gasteiger partial charge in [-0.15, -0.1) is 0 Å². The van der Waals surface area contributed by atoms with Crippen LogP contribution in [-0.2, 0) is 4.79 Å². The molecule has 1 heterocycles. The molecule has 8 nitrogen and oxygen atoms in total. The van der Waals surface area contributed by atoms with Crippen LogP contribution in [0.25, 0.3) is 11.8 Å². The van der Waals surface area contributed by atoms with Gasteiger partial charge < -0.3 is 20.2 Å². The van der Waals surface area contributed by atoms with Gasteiger partial charge in [0.25, 0.3) is 5.91 Å². The van der Waals surface area contributed by atoms with Gasteiger partial charge in [0.15, 0.2) is 0 Å². The summed E-state index contributed by atoms with van der Waals surface area (Å²) in [5, 5.41) is 21.6. The van der Waals surface area contributed by atoms with Crippen molar-refractivity contribution in [1.82, 2.24) is 9.88 Å². The maximum Gasteiger partial charge on any atom is 0.319 e. The number of carboxylic acids is 1. The number of hydrogen-bond donors (Lipinski definition) is 2. The second kappa shape index (κ2) is 6.93. The third-order valence-electron chi connectivity index (χ3n) is 3.06. The molecule has 0 fully saturated rings. The number of aromatic nitrogens is 1. The summed E-state index contributed by atoms with van der Waals surface area (Å²) in [4.78, 5) is 33.2. The van der Waals surface area contributed by atoms with E-state index in [1.807, 2.05) is 5.32 Å². The van der Waals surface area contributed by atoms with Crippen molar-refractivity contribution in [2.45, 2.75) is 0 Å². The van der Waals surface area contributed by atoms with Gasteiger partial charge in [-0.05, 0) is 35.9 Å². The Bertz CT molecular complexity index is 872. The molecule has 0 atom stereocenters. The Kier molecular flexibility index (Phi) is 4.77. The number of nitrogens with zero attached hydrogens (tertiary/aromatic N) is 2. The van der Waals surface area contributed by atoms with Crippen LogP contribution in [0, 0.1) is 11.3 Å². The lowest BCUT2D eigenvalue weighted by molar-refractivity contribution is -0.255. The highest BCUT2D eigenvalue weighted by atomic mass is 16.4. The van der Waals surface area contributed by atoms with Gasteiger partial charge in [-0.2, -0.15) is 5.26 Å². The molecule has 0 bridgehead atoms. The number of nitriles is 1. The standard InChI is InChI=1S/C16H12N4O4/c17-9-11(14(21)19-16(18)24)8-13-2-1-7-20(13)12-5-3-10(4-6-12)15(22)23/h1-8H,(H,22,23)(H3,18,19,21,24)/p-1/b11-8-. The second-order valence-corrected chi connectivity index (χ2v) is 4.63. The summed E-state index contributed by atoms with van der Waals surface area (Å²) in [7, 11) is 0. The van der Waals surface area contributed by atoms with Crippen molar-refractivity contribution >= 4 is 24.0 Å². The van der Waals surface area contributed by atoms with Crippen LogP contribution in [0.5, 0.6) is 0 Å². The molecule has 0 aliphatic carbocycles. The van der Waals surface area contributed by atoms with Gasteiger partial charge in [0, 0.05) is 17.6 Å². The lowest BCUT2D eigenvalue weighted by Crippen LogP contribution is -2.35.